The van der Waals surface area contributed by atoms with Crippen molar-refractivity contribution in [2.45, 2.75) is 13.0 Å². The molecule has 37 heavy (non-hydrogen) atoms. The predicted molar refractivity (Wildman–Crippen MR) is 144 cm³/mol. The Bertz CT molecular complexity index is 1880. The molecule has 1 aliphatic rings. The van der Waals surface area contributed by atoms with Crippen molar-refractivity contribution in [3.63, 3.8) is 0 Å². The van der Waals surface area contributed by atoms with Crippen LogP contribution in [0, 0.1) is 29.6 Å². The highest BCUT2D eigenvalue weighted by atomic mass is 16.1. The number of hydrogen-bond donors (Lipinski definition) is 1. The smallest absolute Gasteiger partial charge is 0.333 e. The highest BCUT2D eigenvalue weighted by Crippen LogP contribution is 2.33. The maximum Gasteiger partial charge on any atom is 0.333 e. The molecule has 5 aromatic rings. The summed E-state index contributed by atoms with van der Waals surface area (Å²) >= 11 is 0. The molecule has 0 aliphatic carbocycles. The number of aryl methyl sites for hydroxylation is 2. The highest BCUT2D eigenvalue weighted by Gasteiger charge is 2.27. The van der Waals surface area contributed by atoms with Crippen molar-refractivity contribution in [3.05, 3.63) is 88.0 Å². The van der Waals surface area contributed by atoms with Crippen LogP contribution in [0.2, 0.25) is 0 Å². The minimum atomic E-state index is -0.216. The normalized spacial score (nSPS) is 13.5. The third-order valence-corrected chi connectivity index (χ3v) is 7.13. The van der Waals surface area contributed by atoms with Gasteiger partial charge in [-0.2, -0.15) is 10.5 Å². The Kier molecular flexibility index (Phi) is 5.08. The number of aromatic nitrogens is 3. The molecule has 6 rings (SSSR count). The van der Waals surface area contributed by atoms with Gasteiger partial charge in [0.1, 0.15) is 6.07 Å². The molecule has 0 amide bonds. The zero-order valence-electron chi connectivity index (χ0n) is 20.4. The van der Waals surface area contributed by atoms with Crippen LogP contribution in [0.5, 0.6) is 0 Å². The number of pyridine rings is 1. The predicted octanol–water partition coefficient (Wildman–Crippen LogP) is 3.74. The lowest BCUT2D eigenvalue weighted by atomic mass is 10.0. The minimum Gasteiger partial charge on any atom is -0.367 e. The van der Waals surface area contributed by atoms with Gasteiger partial charge in [-0.15, -0.1) is 0 Å². The first kappa shape index (κ1) is 22.5. The summed E-state index contributed by atoms with van der Waals surface area (Å²) in [6, 6.07) is 21.7. The van der Waals surface area contributed by atoms with E-state index < -0.39 is 0 Å². The maximum absolute atomic E-state index is 13.6. The second kappa shape index (κ2) is 8.34. The summed E-state index contributed by atoms with van der Waals surface area (Å²) in [5, 5.41) is 20.1. The van der Waals surface area contributed by atoms with Crippen LogP contribution in [-0.2, 0) is 7.05 Å². The summed E-state index contributed by atoms with van der Waals surface area (Å²) in [6.07, 6.45) is 1.71. The molecule has 8 heteroatoms. The number of fused-ring (bicyclic) bond motifs is 3. The molecule has 2 N–H and O–H groups in total. The summed E-state index contributed by atoms with van der Waals surface area (Å²) in [4.78, 5) is 20.3. The van der Waals surface area contributed by atoms with E-state index in [9.17, 15) is 15.3 Å². The molecule has 3 heterocycles. The van der Waals surface area contributed by atoms with Crippen molar-refractivity contribution in [2.24, 2.45) is 12.8 Å². The third-order valence-electron chi connectivity index (χ3n) is 7.13. The van der Waals surface area contributed by atoms with E-state index >= 15 is 0 Å². The summed E-state index contributed by atoms with van der Waals surface area (Å²) < 4.78 is 3.26. The molecule has 0 saturated carbocycles. The van der Waals surface area contributed by atoms with Crippen LogP contribution < -0.4 is 16.3 Å². The van der Waals surface area contributed by atoms with Crippen molar-refractivity contribution < 1.29 is 0 Å². The Morgan fingerprint density at radius 3 is 2.51 bits per heavy atom. The van der Waals surface area contributed by atoms with Crippen molar-refractivity contribution in [3.8, 4) is 29.0 Å². The maximum atomic E-state index is 13.6. The molecule has 1 aliphatic heterocycles. The van der Waals surface area contributed by atoms with Gasteiger partial charge >= 0.3 is 5.69 Å². The van der Waals surface area contributed by atoms with Crippen LogP contribution in [-0.4, -0.2) is 33.2 Å². The molecule has 0 spiro atoms. The number of hydrogen-bond acceptors (Lipinski definition) is 6. The van der Waals surface area contributed by atoms with Gasteiger partial charge in [0.15, 0.2) is 0 Å². The first-order valence-electron chi connectivity index (χ1n) is 12.0. The highest BCUT2D eigenvalue weighted by molar-refractivity contribution is 6.04. The lowest BCUT2D eigenvalue weighted by Crippen LogP contribution is -2.56. The number of rotatable bonds is 3. The Balaban J connectivity index is 1.63. The van der Waals surface area contributed by atoms with E-state index in [1.54, 1.807) is 34.5 Å². The standard InChI is InChI=1S/C29H23N7O/c1-17-8-26(35-15-22(32)16-35)21(13-31)11-25(17)36-28-23-10-20(19-5-3-4-18(9-19)12-30)6-7-24(23)33-14-27(28)34(2)29(36)37/h3-11,14,22H,15-16,32H2,1-2H3. The Morgan fingerprint density at radius 1 is 1.00 bits per heavy atom. The van der Waals surface area contributed by atoms with Gasteiger partial charge in [0, 0.05) is 31.6 Å². The molecule has 1 fully saturated rings. The van der Waals surface area contributed by atoms with Crippen LogP contribution in [0.4, 0.5) is 5.69 Å². The van der Waals surface area contributed by atoms with Gasteiger partial charge in [-0.05, 0) is 60.0 Å². The number of imidazole rings is 1. The van der Waals surface area contributed by atoms with Crippen LogP contribution in [0.25, 0.3) is 38.8 Å². The van der Waals surface area contributed by atoms with E-state index in [0.29, 0.717) is 35.4 Å². The van der Waals surface area contributed by atoms with E-state index in [4.69, 9.17) is 5.73 Å². The van der Waals surface area contributed by atoms with Crippen LogP contribution in [0.15, 0.2) is 65.6 Å². The lowest BCUT2D eigenvalue weighted by molar-refractivity contribution is 0.519. The topological polar surface area (TPSA) is 117 Å². The molecule has 1 saturated heterocycles. The van der Waals surface area contributed by atoms with Gasteiger partial charge in [0.2, 0.25) is 0 Å². The Hall–Kier alpha value is -4.92. The largest absolute Gasteiger partial charge is 0.367 e. The Labute approximate surface area is 213 Å². The fourth-order valence-electron chi connectivity index (χ4n) is 5.15. The summed E-state index contributed by atoms with van der Waals surface area (Å²) in [5.41, 5.74) is 13.2. The zero-order valence-corrected chi connectivity index (χ0v) is 20.4. The van der Waals surface area contributed by atoms with Gasteiger partial charge in [-0.25, -0.2) is 4.79 Å². The second-order valence-electron chi connectivity index (χ2n) is 9.53. The number of nitrogens with zero attached hydrogens (tertiary/aromatic N) is 6. The SMILES string of the molecule is Cc1cc(N2CC(N)C2)c(C#N)cc1-n1c(=O)n(C)c2cnc3ccc(-c4cccc(C#N)c4)cc3c21. The van der Waals surface area contributed by atoms with Gasteiger partial charge < -0.3 is 10.6 Å². The molecular formula is C29H23N7O. The van der Waals surface area contributed by atoms with E-state index in [1.807, 2.05) is 49.4 Å². The van der Waals surface area contributed by atoms with Gasteiger partial charge in [0.05, 0.1) is 51.3 Å². The van der Waals surface area contributed by atoms with E-state index in [2.05, 4.69) is 22.0 Å². The van der Waals surface area contributed by atoms with Crippen LogP contribution in [0.1, 0.15) is 16.7 Å². The van der Waals surface area contributed by atoms with Crippen LogP contribution in [0.3, 0.4) is 0 Å². The Morgan fingerprint density at radius 2 is 1.78 bits per heavy atom. The van der Waals surface area contributed by atoms with E-state index in [-0.39, 0.29) is 11.7 Å². The number of anilines is 1. The summed E-state index contributed by atoms with van der Waals surface area (Å²) in [5.74, 6) is 0. The molecule has 0 bridgehead atoms. The van der Waals surface area contributed by atoms with Gasteiger partial charge in [0.25, 0.3) is 0 Å². The lowest BCUT2D eigenvalue weighted by Gasteiger charge is -2.39. The van der Waals surface area contributed by atoms with Crippen molar-refractivity contribution in [2.75, 3.05) is 18.0 Å². The first-order chi connectivity index (χ1) is 17.9. The molecule has 180 valence electrons. The van der Waals surface area contributed by atoms with E-state index in [1.165, 1.54) is 0 Å². The monoisotopic (exact) mass is 485 g/mol. The first-order valence-corrected chi connectivity index (χ1v) is 12.0. The zero-order chi connectivity index (χ0) is 25.8. The van der Waals surface area contributed by atoms with Crippen molar-refractivity contribution in [1.29, 1.82) is 10.5 Å². The molecule has 8 nitrogen and oxygen atoms in total. The number of benzene rings is 3. The molecular weight excluding hydrogens is 462 g/mol. The molecule has 0 unspecified atom stereocenters. The quantitative estimate of drug-likeness (QED) is 0.416. The fourth-order valence-corrected chi connectivity index (χ4v) is 5.15. The molecule has 0 radical (unpaired) electrons. The van der Waals surface area contributed by atoms with Crippen LogP contribution >= 0.6 is 0 Å². The van der Waals surface area contributed by atoms with Gasteiger partial charge in [-0.1, -0.05) is 18.2 Å². The number of nitriles is 2. The summed E-state index contributed by atoms with van der Waals surface area (Å²) in [6.45, 7) is 3.36. The number of nitrogens with two attached hydrogens (primary N) is 1. The third kappa shape index (κ3) is 3.47. The minimum absolute atomic E-state index is 0.106. The molecule has 2 aromatic heterocycles. The fraction of sp³-hybridized carbons (Fsp3) is 0.172. The molecule has 0 atom stereocenters. The molecule has 3 aromatic carbocycles. The van der Waals surface area contributed by atoms with Crippen molar-refractivity contribution >= 4 is 27.6 Å². The second-order valence-corrected chi connectivity index (χ2v) is 9.53. The van der Waals surface area contributed by atoms with E-state index in [0.717, 1.165) is 38.8 Å². The van der Waals surface area contributed by atoms with Crippen molar-refractivity contribution in [1.82, 2.24) is 14.1 Å². The van der Waals surface area contributed by atoms with Gasteiger partial charge in [-0.3, -0.25) is 14.1 Å². The average Bonchev–Trinajstić information content (AvgIpc) is 3.16. The summed E-state index contributed by atoms with van der Waals surface area (Å²) in [7, 11) is 1.73. The average molecular weight is 486 g/mol.